The average Bonchev–Trinajstić information content (AvgIpc) is 2.38. The number of hydrogen-bond acceptors (Lipinski definition) is 2. The highest BCUT2D eigenvalue weighted by atomic mass is 16.5. The lowest BCUT2D eigenvalue weighted by molar-refractivity contribution is 0.411. The fraction of sp³-hybridized carbons (Fsp3) is 0.500. The summed E-state index contributed by atoms with van der Waals surface area (Å²) in [6.45, 7) is 5.17. The van der Waals surface area contributed by atoms with Crippen molar-refractivity contribution in [1.82, 2.24) is 5.32 Å². The first-order valence-corrected chi connectivity index (χ1v) is 6.54. The van der Waals surface area contributed by atoms with Gasteiger partial charge in [0.05, 0.1) is 7.11 Å². The van der Waals surface area contributed by atoms with Crippen LogP contribution >= 0.6 is 0 Å². The fourth-order valence-corrected chi connectivity index (χ4v) is 2.16. The largest absolute Gasteiger partial charge is 0.496 e. The van der Waals surface area contributed by atoms with Gasteiger partial charge in [-0.05, 0) is 43.5 Å². The van der Waals surface area contributed by atoms with Crippen molar-refractivity contribution in [3.63, 3.8) is 0 Å². The molecular weight excluding hydrogens is 222 g/mol. The highest BCUT2D eigenvalue weighted by Gasteiger charge is 2.11. The van der Waals surface area contributed by atoms with Gasteiger partial charge >= 0.3 is 0 Å². The summed E-state index contributed by atoms with van der Waals surface area (Å²) in [7, 11) is 1.71. The van der Waals surface area contributed by atoms with E-state index >= 15 is 0 Å². The van der Waals surface area contributed by atoms with E-state index in [4.69, 9.17) is 11.2 Å². The molecule has 0 saturated carbocycles. The molecule has 0 aliphatic heterocycles. The Morgan fingerprint density at radius 3 is 2.78 bits per heavy atom. The quantitative estimate of drug-likeness (QED) is 0.587. The molecule has 1 aromatic rings. The SMILES string of the molecule is C#CCCCC(NCC)c1ccc(OC)c(C)c1. The van der Waals surface area contributed by atoms with E-state index in [-0.39, 0.29) is 0 Å². The monoisotopic (exact) mass is 245 g/mol. The van der Waals surface area contributed by atoms with Crippen LogP contribution in [-0.2, 0) is 0 Å². The van der Waals surface area contributed by atoms with Crippen molar-refractivity contribution < 1.29 is 4.74 Å². The Balaban J connectivity index is 2.78. The zero-order valence-electron chi connectivity index (χ0n) is 11.6. The van der Waals surface area contributed by atoms with Crippen molar-refractivity contribution in [2.24, 2.45) is 0 Å². The Morgan fingerprint density at radius 1 is 1.44 bits per heavy atom. The zero-order chi connectivity index (χ0) is 13.4. The molecule has 1 rings (SSSR count). The summed E-state index contributed by atoms with van der Waals surface area (Å²) in [5.74, 6) is 3.64. The highest BCUT2D eigenvalue weighted by Crippen LogP contribution is 2.25. The molecule has 0 fully saturated rings. The van der Waals surface area contributed by atoms with Crippen LogP contribution in [0.1, 0.15) is 43.4 Å². The summed E-state index contributed by atoms with van der Waals surface area (Å²) in [6, 6.07) is 6.75. The van der Waals surface area contributed by atoms with E-state index in [1.165, 1.54) is 11.1 Å². The van der Waals surface area contributed by atoms with Crippen LogP contribution < -0.4 is 10.1 Å². The van der Waals surface area contributed by atoms with Crippen LogP contribution in [0.2, 0.25) is 0 Å². The van der Waals surface area contributed by atoms with E-state index in [1.54, 1.807) is 7.11 Å². The normalized spacial score (nSPS) is 11.9. The van der Waals surface area contributed by atoms with Gasteiger partial charge in [0.15, 0.2) is 0 Å². The Kier molecular flexibility index (Phi) is 6.32. The lowest BCUT2D eigenvalue weighted by atomic mass is 9.99. The minimum atomic E-state index is 0.382. The molecule has 0 spiro atoms. The van der Waals surface area contributed by atoms with Gasteiger partial charge < -0.3 is 10.1 Å². The van der Waals surface area contributed by atoms with E-state index in [1.807, 2.05) is 6.07 Å². The molecule has 1 unspecified atom stereocenters. The minimum absolute atomic E-state index is 0.382. The number of rotatable bonds is 7. The maximum Gasteiger partial charge on any atom is 0.121 e. The number of terminal acetylenes is 1. The first kappa shape index (κ1) is 14.6. The van der Waals surface area contributed by atoms with E-state index in [2.05, 4.69) is 37.2 Å². The van der Waals surface area contributed by atoms with Crippen LogP contribution in [-0.4, -0.2) is 13.7 Å². The Morgan fingerprint density at radius 2 is 2.22 bits per heavy atom. The Bertz CT molecular complexity index is 406. The summed E-state index contributed by atoms with van der Waals surface area (Å²) in [5.41, 5.74) is 2.49. The van der Waals surface area contributed by atoms with Crippen LogP contribution in [0.15, 0.2) is 18.2 Å². The van der Waals surface area contributed by atoms with Crippen LogP contribution in [0.4, 0.5) is 0 Å². The number of hydrogen-bond donors (Lipinski definition) is 1. The van der Waals surface area contributed by atoms with Gasteiger partial charge in [0.1, 0.15) is 5.75 Å². The molecule has 0 aliphatic rings. The molecule has 1 aromatic carbocycles. The van der Waals surface area contributed by atoms with Gasteiger partial charge in [0, 0.05) is 12.5 Å². The first-order chi connectivity index (χ1) is 8.72. The lowest BCUT2D eigenvalue weighted by Gasteiger charge is -2.19. The molecule has 0 radical (unpaired) electrons. The van der Waals surface area contributed by atoms with Crippen LogP contribution in [0.3, 0.4) is 0 Å². The van der Waals surface area contributed by atoms with E-state index in [0.29, 0.717) is 6.04 Å². The average molecular weight is 245 g/mol. The van der Waals surface area contributed by atoms with Gasteiger partial charge in [-0.25, -0.2) is 0 Å². The van der Waals surface area contributed by atoms with Gasteiger partial charge in [0.25, 0.3) is 0 Å². The minimum Gasteiger partial charge on any atom is -0.496 e. The number of nitrogens with one attached hydrogen (secondary N) is 1. The third-order valence-corrected chi connectivity index (χ3v) is 3.09. The molecule has 0 aliphatic carbocycles. The van der Waals surface area contributed by atoms with Crippen LogP contribution in [0, 0.1) is 19.3 Å². The lowest BCUT2D eigenvalue weighted by Crippen LogP contribution is -2.20. The van der Waals surface area contributed by atoms with Crippen LogP contribution in [0.25, 0.3) is 0 Å². The third-order valence-electron chi connectivity index (χ3n) is 3.09. The van der Waals surface area contributed by atoms with Gasteiger partial charge in [-0.2, -0.15) is 0 Å². The molecule has 18 heavy (non-hydrogen) atoms. The summed E-state index contributed by atoms with van der Waals surface area (Å²) in [6.07, 6.45) is 8.27. The number of methoxy groups -OCH3 is 1. The van der Waals surface area contributed by atoms with Crippen molar-refractivity contribution in [3.05, 3.63) is 29.3 Å². The maximum absolute atomic E-state index is 5.30. The predicted molar refractivity (Wildman–Crippen MR) is 76.8 cm³/mol. The van der Waals surface area contributed by atoms with Gasteiger partial charge in [-0.15, -0.1) is 12.3 Å². The fourth-order valence-electron chi connectivity index (χ4n) is 2.16. The zero-order valence-corrected chi connectivity index (χ0v) is 11.6. The van der Waals surface area contributed by atoms with Crippen molar-refractivity contribution in [2.75, 3.05) is 13.7 Å². The summed E-state index contributed by atoms with van der Waals surface area (Å²) in [5, 5.41) is 3.51. The molecular formula is C16H23NO. The van der Waals surface area contributed by atoms with E-state index in [0.717, 1.165) is 31.6 Å². The van der Waals surface area contributed by atoms with Crippen molar-refractivity contribution in [1.29, 1.82) is 0 Å². The topological polar surface area (TPSA) is 21.3 Å². The number of ether oxygens (including phenoxy) is 1. The molecule has 0 aromatic heterocycles. The molecule has 2 nitrogen and oxygen atoms in total. The summed E-state index contributed by atoms with van der Waals surface area (Å²) < 4.78 is 5.29. The Hall–Kier alpha value is -1.46. The van der Waals surface area contributed by atoms with Crippen LogP contribution in [0.5, 0.6) is 5.75 Å². The first-order valence-electron chi connectivity index (χ1n) is 6.54. The molecule has 0 amide bonds. The second-order valence-corrected chi connectivity index (χ2v) is 4.44. The Labute approximate surface area is 111 Å². The second-order valence-electron chi connectivity index (χ2n) is 4.44. The maximum atomic E-state index is 5.30. The summed E-state index contributed by atoms with van der Waals surface area (Å²) in [4.78, 5) is 0. The number of benzene rings is 1. The van der Waals surface area contributed by atoms with Gasteiger partial charge in [-0.3, -0.25) is 0 Å². The number of aryl methyl sites for hydroxylation is 1. The van der Waals surface area contributed by atoms with Crippen molar-refractivity contribution in [2.45, 2.75) is 39.2 Å². The molecule has 1 N–H and O–H groups in total. The van der Waals surface area contributed by atoms with Crippen molar-refractivity contribution in [3.8, 4) is 18.1 Å². The standard InChI is InChI=1S/C16H23NO/c1-5-7-8-9-15(17-6-2)14-10-11-16(18-4)13(3)12-14/h1,10-12,15,17H,6-9H2,2-4H3. The van der Waals surface area contributed by atoms with E-state index in [9.17, 15) is 0 Å². The molecule has 0 saturated heterocycles. The summed E-state index contributed by atoms with van der Waals surface area (Å²) >= 11 is 0. The molecule has 0 heterocycles. The van der Waals surface area contributed by atoms with E-state index < -0.39 is 0 Å². The second kappa shape index (κ2) is 7.79. The van der Waals surface area contributed by atoms with Gasteiger partial charge in [0.2, 0.25) is 0 Å². The third kappa shape index (κ3) is 4.09. The molecule has 2 heteroatoms. The number of unbranched alkanes of at least 4 members (excludes halogenated alkanes) is 1. The smallest absolute Gasteiger partial charge is 0.121 e. The molecule has 1 atom stereocenters. The predicted octanol–water partition coefficient (Wildman–Crippen LogP) is 3.46. The molecule has 0 bridgehead atoms. The highest BCUT2D eigenvalue weighted by molar-refractivity contribution is 5.37. The van der Waals surface area contributed by atoms with Gasteiger partial charge in [-0.1, -0.05) is 19.1 Å². The van der Waals surface area contributed by atoms with Crippen molar-refractivity contribution >= 4 is 0 Å². The molecule has 98 valence electrons.